The number of nitrogens with zero attached hydrogens (tertiary/aromatic N) is 4. The molecule has 0 saturated heterocycles. The van der Waals surface area contributed by atoms with Gasteiger partial charge in [0.25, 0.3) is 0 Å². The van der Waals surface area contributed by atoms with Crippen LogP contribution in [0.2, 0.25) is 0 Å². The van der Waals surface area contributed by atoms with E-state index < -0.39 is 0 Å². The predicted octanol–water partition coefficient (Wildman–Crippen LogP) is 14.4. The summed E-state index contributed by atoms with van der Waals surface area (Å²) in [6, 6.07) is 65.0. The van der Waals surface area contributed by atoms with Crippen LogP contribution in [0.25, 0.3) is 113 Å². The van der Waals surface area contributed by atoms with E-state index in [0.717, 1.165) is 16.7 Å². The topological polar surface area (TPSA) is 43.6 Å². The fourth-order valence-corrected chi connectivity index (χ4v) is 10.7. The fraction of sp³-hybridized carbons (Fsp3) is 0. The largest absolute Gasteiger partial charge is 0.309 e. The standard InChI is InChI=1S/C51H30N4S2/c1-3-12-31(13-4-1)49-52-50(32-14-5-2-6-15-32)54-51(53-49)41-19-11-18-40-38-25-22-34(29-46(38)57-48(40)41)33-23-27-45-42(28-33)39-26-24-35(30-47(39)56-45)55-43-20-9-7-16-36(43)37-17-8-10-21-44(37)55/h1-30H. The minimum absolute atomic E-state index is 0.666. The molecule has 6 heteroatoms. The second-order valence-electron chi connectivity index (χ2n) is 14.4. The van der Waals surface area contributed by atoms with Gasteiger partial charge >= 0.3 is 0 Å². The third-order valence-electron chi connectivity index (χ3n) is 11.1. The van der Waals surface area contributed by atoms with Crippen LogP contribution in [0.5, 0.6) is 0 Å². The summed E-state index contributed by atoms with van der Waals surface area (Å²) in [5.41, 5.74) is 9.00. The second-order valence-corrected chi connectivity index (χ2v) is 16.5. The normalized spacial score (nSPS) is 11.9. The van der Waals surface area contributed by atoms with Gasteiger partial charge in [0.2, 0.25) is 0 Å². The molecule has 0 aliphatic heterocycles. The first-order valence-corrected chi connectivity index (χ1v) is 20.6. The van der Waals surface area contributed by atoms with Crippen LogP contribution in [0.1, 0.15) is 0 Å². The van der Waals surface area contributed by atoms with E-state index in [1.54, 1.807) is 11.3 Å². The van der Waals surface area contributed by atoms with E-state index in [9.17, 15) is 0 Å². The lowest BCUT2D eigenvalue weighted by atomic mass is 10.0. The Hall–Kier alpha value is -6.99. The zero-order chi connectivity index (χ0) is 37.5. The first-order valence-electron chi connectivity index (χ1n) is 19.0. The summed E-state index contributed by atoms with van der Waals surface area (Å²) in [4.78, 5) is 15.1. The van der Waals surface area contributed by atoms with Gasteiger partial charge in [-0.05, 0) is 59.7 Å². The summed E-state index contributed by atoms with van der Waals surface area (Å²) in [5.74, 6) is 2.01. The third kappa shape index (κ3) is 5.22. The number of aromatic nitrogens is 4. The molecule has 0 saturated carbocycles. The average molecular weight is 763 g/mol. The Bertz CT molecular complexity index is 3410. The second kappa shape index (κ2) is 12.8. The number of benzene rings is 8. The first kappa shape index (κ1) is 32.3. The Morgan fingerprint density at radius 3 is 1.61 bits per heavy atom. The lowest BCUT2D eigenvalue weighted by molar-refractivity contribution is 1.08. The Kier molecular flexibility index (Phi) is 7.24. The number of fused-ring (bicyclic) bond motifs is 9. The zero-order valence-corrected chi connectivity index (χ0v) is 32.1. The number of rotatable bonds is 5. The molecule has 8 aromatic carbocycles. The van der Waals surface area contributed by atoms with Crippen LogP contribution in [0.3, 0.4) is 0 Å². The van der Waals surface area contributed by atoms with Crippen molar-refractivity contribution >= 4 is 84.8 Å². The van der Waals surface area contributed by atoms with E-state index in [1.165, 1.54) is 79.0 Å². The maximum Gasteiger partial charge on any atom is 0.165 e. The van der Waals surface area contributed by atoms with Crippen molar-refractivity contribution in [3.05, 3.63) is 182 Å². The first-order chi connectivity index (χ1) is 28.2. The summed E-state index contributed by atoms with van der Waals surface area (Å²) in [7, 11) is 0. The molecule has 4 aromatic heterocycles. The van der Waals surface area contributed by atoms with Gasteiger partial charge in [0.05, 0.1) is 11.0 Å². The van der Waals surface area contributed by atoms with Crippen LogP contribution in [0.4, 0.5) is 0 Å². The number of hydrogen-bond acceptors (Lipinski definition) is 5. The van der Waals surface area contributed by atoms with Crippen LogP contribution in [0, 0.1) is 0 Å². The van der Waals surface area contributed by atoms with Crippen molar-refractivity contribution in [2.24, 2.45) is 0 Å². The molecule has 4 nitrogen and oxygen atoms in total. The zero-order valence-electron chi connectivity index (χ0n) is 30.4. The van der Waals surface area contributed by atoms with Crippen molar-refractivity contribution in [1.82, 2.24) is 19.5 Å². The number of para-hydroxylation sites is 2. The van der Waals surface area contributed by atoms with Crippen LogP contribution in [-0.4, -0.2) is 19.5 Å². The molecule has 0 spiro atoms. The van der Waals surface area contributed by atoms with Gasteiger partial charge in [-0.3, -0.25) is 0 Å². The van der Waals surface area contributed by atoms with Crippen molar-refractivity contribution in [3.63, 3.8) is 0 Å². The summed E-state index contributed by atoms with van der Waals surface area (Å²) < 4.78 is 7.39. The van der Waals surface area contributed by atoms with Crippen molar-refractivity contribution < 1.29 is 0 Å². The van der Waals surface area contributed by atoms with Gasteiger partial charge in [0.15, 0.2) is 17.5 Å². The quantitative estimate of drug-likeness (QED) is 0.175. The molecule has 266 valence electrons. The van der Waals surface area contributed by atoms with Crippen molar-refractivity contribution in [2.75, 3.05) is 0 Å². The maximum absolute atomic E-state index is 5.06. The summed E-state index contributed by atoms with van der Waals surface area (Å²) in [6.45, 7) is 0. The van der Waals surface area contributed by atoms with E-state index >= 15 is 0 Å². The van der Waals surface area contributed by atoms with Gasteiger partial charge in [-0.25, -0.2) is 15.0 Å². The predicted molar refractivity (Wildman–Crippen MR) is 242 cm³/mol. The molecule has 12 aromatic rings. The van der Waals surface area contributed by atoms with E-state index in [1.807, 2.05) is 47.7 Å². The average Bonchev–Trinajstić information content (AvgIpc) is 3.95. The molecule has 4 heterocycles. The van der Waals surface area contributed by atoms with Gasteiger partial charge in [0.1, 0.15) is 0 Å². The van der Waals surface area contributed by atoms with Crippen molar-refractivity contribution in [1.29, 1.82) is 0 Å². The van der Waals surface area contributed by atoms with E-state index in [-0.39, 0.29) is 0 Å². The Morgan fingerprint density at radius 1 is 0.333 bits per heavy atom. The van der Waals surface area contributed by atoms with Gasteiger partial charge in [-0.1, -0.05) is 133 Å². The highest BCUT2D eigenvalue weighted by Gasteiger charge is 2.18. The highest BCUT2D eigenvalue weighted by Crippen LogP contribution is 2.43. The van der Waals surface area contributed by atoms with Gasteiger partial charge < -0.3 is 4.57 Å². The van der Waals surface area contributed by atoms with Crippen LogP contribution in [0.15, 0.2) is 182 Å². The van der Waals surface area contributed by atoms with E-state index in [4.69, 9.17) is 15.0 Å². The molecule has 12 rings (SSSR count). The lowest BCUT2D eigenvalue weighted by Gasteiger charge is -2.09. The van der Waals surface area contributed by atoms with Crippen LogP contribution >= 0.6 is 22.7 Å². The van der Waals surface area contributed by atoms with Crippen molar-refractivity contribution in [3.8, 4) is 51.0 Å². The van der Waals surface area contributed by atoms with Crippen molar-refractivity contribution in [2.45, 2.75) is 0 Å². The molecule has 0 atom stereocenters. The molecule has 0 aliphatic rings. The highest BCUT2D eigenvalue weighted by atomic mass is 32.1. The van der Waals surface area contributed by atoms with E-state index in [2.05, 4.69) is 150 Å². The summed E-state index contributed by atoms with van der Waals surface area (Å²) >= 11 is 3.67. The molecule has 0 radical (unpaired) electrons. The summed E-state index contributed by atoms with van der Waals surface area (Å²) in [6.07, 6.45) is 0. The van der Waals surface area contributed by atoms with Crippen LogP contribution < -0.4 is 0 Å². The molecule has 57 heavy (non-hydrogen) atoms. The fourth-order valence-electron chi connectivity index (χ4n) is 8.37. The molecular weight excluding hydrogens is 733 g/mol. The monoisotopic (exact) mass is 762 g/mol. The highest BCUT2D eigenvalue weighted by molar-refractivity contribution is 7.26. The lowest BCUT2D eigenvalue weighted by Crippen LogP contribution is -2.00. The maximum atomic E-state index is 5.06. The smallest absolute Gasteiger partial charge is 0.165 e. The molecular formula is C51H30N4S2. The van der Waals surface area contributed by atoms with Gasteiger partial charge in [-0.15, -0.1) is 22.7 Å². The van der Waals surface area contributed by atoms with Gasteiger partial charge in [0, 0.05) is 73.5 Å². The Balaban J connectivity index is 0.955. The van der Waals surface area contributed by atoms with Gasteiger partial charge in [-0.2, -0.15) is 0 Å². The minimum Gasteiger partial charge on any atom is -0.309 e. The molecule has 0 bridgehead atoms. The molecule has 0 aliphatic carbocycles. The number of thiophene rings is 2. The Labute approximate surface area is 335 Å². The molecule has 0 unspecified atom stereocenters. The van der Waals surface area contributed by atoms with E-state index in [0.29, 0.717) is 17.5 Å². The molecule has 0 fully saturated rings. The number of hydrogen-bond donors (Lipinski definition) is 0. The van der Waals surface area contributed by atoms with Crippen LogP contribution in [-0.2, 0) is 0 Å². The SMILES string of the molecule is c1ccc(-c2nc(-c3ccccc3)nc(-c3cccc4c3sc3cc(-c5ccc6sc7cc(-n8c9ccccc9c9ccccc98)ccc7c6c5)ccc34)n2)cc1. The molecule has 0 N–H and O–H groups in total. The summed E-state index contributed by atoms with van der Waals surface area (Å²) in [5, 5.41) is 7.58. The molecule has 0 amide bonds. The third-order valence-corrected chi connectivity index (χ3v) is 13.4. The Morgan fingerprint density at radius 2 is 0.895 bits per heavy atom. The minimum atomic E-state index is 0.666.